The number of hydrogen-bond acceptors (Lipinski definition) is 7. The van der Waals surface area contributed by atoms with Gasteiger partial charge in [-0.25, -0.2) is 4.79 Å². The van der Waals surface area contributed by atoms with Gasteiger partial charge in [-0.1, -0.05) is 18.2 Å². The van der Waals surface area contributed by atoms with Crippen molar-refractivity contribution < 1.29 is 23.9 Å². The van der Waals surface area contributed by atoms with Crippen LogP contribution in [0, 0.1) is 0 Å². The maximum absolute atomic E-state index is 12.6. The highest BCUT2D eigenvalue weighted by Crippen LogP contribution is 2.30. The number of alkyl carbamates (subject to hydrolysis) is 1. The Morgan fingerprint density at radius 1 is 1.15 bits per heavy atom. The van der Waals surface area contributed by atoms with Crippen molar-refractivity contribution in [1.29, 1.82) is 0 Å². The molecule has 0 radical (unpaired) electrons. The van der Waals surface area contributed by atoms with E-state index in [1.807, 2.05) is 29.2 Å². The number of para-hydroxylation sites is 1. The summed E-state index contributed by atoms with van der Waals surface area (Å²) in [6.07, 6.45) is 2.16. The number of benzene rings is 1. The lowest BCUT2D eigenvalue weighted by molar-refractivity contribution is -0.131. The van der Waals surface area contributed by atoms with Crippen LogP contribution in [0.25, 0.3) is 6.08 Å². The van der Waals surface area contributed by atoms with E-state index in [4.69, 9.17) is 4.74 Å². The monoisotopic (exact) mass is 474 g/mol. The van der Waals surface area contributed by atoms with Gasteiger partial charge in [0, 0.05) is 44.8 Å². The Balaban J connectivity index is 1.48. The van der Waals surface area contributed by atoms with Gasteiger partial charge in [-0.15, -0.1) is 0 Å². The summed E-state index contributed by atoms with van der Waals surface area (Å²) in [6.45, 7) is 8.31. The van der Waals surface area contributed by atoms with Crippen LogP contribution in [0.1, 0.15) is 39.2 Å². The van der Waals surface area contributed by atoms with E-state index in [1.54, 1.807) is 26.8 Å². The fourth-order valence-corrected chi connectivity index (χ4v) is 4.23. The minimum absolute atomic E-state index is 0.0635. The molecule has 33 heavy (non-hydrogen) atoms. The molecule has 0 saturated carbocycles. The molecule has 0 spiro atoms. The number of anilines is 1. The largest absolute Gasteiger partial charge is 0.444 e. The first-order valence-corrected chi connectivity index (χ1v) is 11.8. The van der Waals surface area contributed by atoms with E-state index in [2.05, 4.69) is 15.5 Å². The molecule has 1 aromatic carbocycles. The number of carbonyl (C=O) groups is 4. The third kappa shape index (κ3) is 7.24. The van der Waals surface area contributed by atoms with Crippen LogP contribution in [0.2, 0.25) is 0 Å². The van der Waals surface area contributed by atoms with Crippen LogP contribution in [0.5, 0.6) is 0 Å². The van der Waals surface area contributed by atoms with Crippen molar-refractivity contribution in [3.63, 3.8) is 0 Å². The Bertz CT molecular complexity index is 948. The summed E-state index contributed by atoms with van der Waals surface area (Å²) in [6, 6.07) is 7.71. The fraction of sp³-hybridized carbons (Fsp3) is 0.478. The summed E-state index contributed by atoms with van der Waals surface area (Å²) in [7, 11) is 0. The number of imide groups is 1. The molecule has 2 saturated heterocycles. The van der Waals surface area contributed by atoms with E-state index in [9.17, 15) is 19.2 Å². The van der Waals surface area contributed by atoms with Crippen LogP contribution in [0.15, 0.2) is 29.2 Å². The number of hydrogen-bond donors (Lipinski definition) is 2. The third-order valence-electron chi connectivity index (χ3n) is 5.07. The van der Waals surface area contributed by atoms with Crippen LogP contribution < -0.4 is 15.5 Å². The van der Waals surface area contributed by atoms with Crippen molar-refractivity contribution in [2.24, 2.45) is 0 Å². The van der Waals surface area contributed by atoms with Gasteiger partial charge in [0.15, 0.2) is 0 Å². The molecule has 0 aliphatic carbocycles. The zero-order valence-corrected chi connectivity index (χ0v) is 20.0. The lowest BCUT2D eigenvalue weighted by Crippen LogP contribution is -2.49. The van der Waals surface area contributed by atoms with Gasteiger partial charge in [-0.3, -0.25) is 19.7 Å². The molecule has 2 fully saturated rings. The first-order chi connectivity index (χ1) is 15.6. The molecule has 10 heteroatoms. The molecular formula is C23H30N4O5S. The first-order valence-electron chi connectivity index (χ1n) is 11.0. The van der Waals surface area contributed by atoms with E-state index in [1.165, 1.54) is 0 Å². The molecule has 1 aromatic rings. The molecule has 0 bridgehead atoms. The highest BCUT2D eigenvalue weighted by atomic mass is 32.2. The van der Waals surface area contributed by atoms with Gasteiger partial charge >= 0.3 is 6.09 Å². The number of rotatable bonds is 6. The van der Waals surface area contributed by atoms with E-state index in [0.717, 1.165) is 23.0 Å². The molecule has 2 aliphatic heterocycles. The Hall–Kier alpha value is -3.01. The van der Waals surface area contributed by atoms with Gasteiger partial charge in [-0.2, -0.15) is 0 Å². The first kappa shape index (κ1) is 24.6. The molecular weight excluding hydrogens is 444 g/mol. The molecule has 2 N–H and O–H groups in total. The van der Waals surface area contributed by atoms with Gasteiger partial charge in [0.1, 0.15) is 5.60 Å². The molecule has 178 valence electrons. The second-order valence-corrected chi connectivity index (χ2v) is 9.83. The second-order valence-electron chi connectivity index (χ2n) is 8.81. The lowest BCUT2D eigenvalue weighted by Gasteiger charge is -2.37. The number of nitrogens with zero attached hydrogens (tertiary/aromatic N) is 2. The number of ether oxygens (including phenoxy) is 1. The van der Waals surface area contributed by atoms with Crippen molar-refractivity contribution in [3.8, 4) is 0 Å². The van der Waals surface area contributed by atoms with E-state index >= 15 is 0 Å². The smallest absolute Gasteiger partial charge is 0.407 e. The molecule has 2 heterocycles. The highest BCUT2D eigenvalue weighted by Gasteiger charge is 2.26. The molecule has 4 amide bonds. The predicted octanol–water partition coefficient (Wildman–Crippen LogP) is 2.96. The summed E-state index contributed by atoms with van der Waals surface area (Å²) < 4.78 is 5.18. The standard InChI is InChI=1S/C23H30N4O5S/c1-23(2,3)32-21(30)24-10-6-9-19(28)27-13-11-26(12-14-27)17-8-5-4-7-16(17)15-18-20(29)25-22(31)33-18/h4-5,7-8,15H,6,9-14H2,1-3H3,(H,24,30)(H,25,29,31)/b18-15-. The zero-order valence-electron chi connectivity index (χ0n) is 19.2. The zero-order chi connectivity index (χ0) is 24.0. The average Bonchev–Trinajstić information content (AvgIpc) is 3.07. The van der Waals surface area contributed by atoms with Gasteiger partial charge in [-0.05, 0) is 56.7 Å². The van der Waals surface area contributed by atoms with Crippen LogP contribution in [-0.2, 0) is 14.3 Å². The van der Waals surface area contributed by atoms with E-state index < -0.39 is 11.7 Å². The number of carbonyl (C=O) groups excluding carboxylic acids is 4. The maximum Gasteiger partial charge on any atom is 0.407 e. The number of nitrogens with one attached hydrogen (secondary N) is 2. The van der Waals surface area contributed by atoms with Crippen LogP contribution >= 0.6 is 11.8 Å². The van der Waals surface area contributed by atoms with Crippen LogP contribution in [-0.4, -0.2) is 66.4 Å². The van der Waals surface area contributed by atoms with Crippen molar-refractivity contribution in [3.05, 3.63) is 34.7 Å². The Labute approximate surface area is 197 Å². The summed E-state index contributed by atoms with van der Waals surface area (Å²) in [5.74, 6) is -0.315. The third-order valence-corrected chi connectivity index (χ3v) is 5.88. The summed E-state index contributed by atoms with van der Waals surface area (Å²) in [5.41, 5.74) is 1.28. The molecule has 0 atom stereocenters. The van der Waals surface area contributed by atoms with Gasteiger partial charge in [0.05, 0.1) is 4.91 Å². The number of piperazine rings is 1. The molecule has 3 rings (SSSR count). The van der Waals surface area contributed by atoms with Gasteiger partial charge < -0.3 is 19.9 Å². The van der Waals surface area contributed by atoms with Gasteiger partial charge in [0.2, 0.25) is 5.91 Å². The van der Waals surface area contributed by atoms with E-state index in [-0.39, 0.29) is 17.1 Å². The minimum Gasteiger partial charge on any atom is -0.444 e. The average molecular weight is 475 g/mol. The van der Waals surface area contributed by atoms with Crippen molar-refractivity contribution in [2.75, 3.05) is 37.6 Å². The Morgan fingerprint density at radius 3 is 2.48 bits per heavy atom. The normalized spacial score (nSPS) is 17.8. The fourth-order valence-electron chi connectivity index (χ4n) is 3.56. The quantitative estimate of drug-likeness (QED) is 0.482. The number of thioether (sulfide) groups is 1. The number of amides is 4. The second kappa shape index (κ2) is 10.7. The molecule has 2 aliphatic rings. The van der Waals surface area contributed by atoms with Crippen molar-refractivity contribution in [1.82, 2.24) is 15.5 Å². The molecule has 0 aromatic heterocycles. The minimum atomic E-state index is -0.547. The van der Waals surface area contributed by atoms with Crippen LogP contribution in [0.4, 0.5) is 15.3 Å². The predicted molar refractivity (Wildman–Crippen MR) is 128 cm³/mol. The Morgan fingerprint density at radius 2 is 1.85 bits per heavy atom. The molecule has 9 nitrogen and oxygen atoms in total. The topological polar surface area (TPSA) is 108 Å². The summed E-state index contributed by atoms with van der Waals surface area (Å²) in [4.78, 5) is 51.9. The van der Waals surface area contributed by atoms with Gasteiger partial charge in [0.25, 0.3) is 11.1 Å². The highest BCUT2D eigenvalue weighted by molar-refractivity contribution is 8.18. The van der Waals surface area contributed by atoms with Crippen LogP contribution in [0.3, 0.4) is 0 Å². The van der Waals surface area contributed by atoms with Crippen molar-refractivity contribution in [2.45, 2.75) is 39.2 Å². The summed E-state index contributed by atoms with van der Waals surface area (Å²) >= 11 is 0.898. The SMILES string of the molecule is CC(C)(C)OC(=O)NCCCC(=O)N1CCN(c2ccccc2/C=C2\SC(=O)NC2=O)CC1. The summed E-state index contributed by atoms with van der Waals surface area (Å²) in [5, 5.41) is 4.58. The maximum atomic E-state index is 12.6. The lowest BCUT2D eigenvalue weighted by atomic mass is 10.1. The van der Waals surface area contributed by atoms with Crippen molar-refractivity contribution >= 4 is 46.7 Å². The Kier molecular flexibility index (Phi) is 8.01. The molecule has 0 unspecified atom stereocenters. The van der Waals surface area contributed by atoms with E-state index in [0.29, 0.717) is 50.5 Å².